The van der Waals surface area contributed by atoms with E-state index in [4.69, 9.17) is 5.11 Å². The molecule has 0 aliphatic heterocycles. The topological polar surface area (TPSA) is 82.1 Å². The summed E-state index contributed by atoms with van der Waals surface area (Å²) in [5.41, 5.74) is 1.23. The lowest BCUT2D eigenvalue weighted by Gasteiger charge is -2.19. The van der Waals surface area contributed by atoms with E-state index in [0.717, 1.165) is 12.1 Å². The number of nitrogens with zero attached hydrogens (tertiary/aromatic N) is 3. The molecule has 0 bridgehead atoms. The molecule has 2 heterocycles. The number of likely N-dealkylation sites (N-methyl/N-ethyl adjacent to an activating group) is 1. The minimum Gasteiger partial charge on any atom is -0.477 e. The van der Waals surface area contributed by atoms with Gasteiger partial charge in [-0.25, -0.2) is 14.8 Å². The van der Waals surface area contributed by atoms with Crippen molar-refractivity contribution in [2.24, 2.45) is 0 Å². The summed E-state index contributed by atoms with van der Waals surface area (Å²) in [5, 5.41) is 9.14. The van der Waals surface area contributed by atoms with Crippen LogP contribution in [-0.4, -0.2) is 39.6 Å². The van der Waals surface area contributed by atoms with Crippen LogP contribution in [0.2, 0.25) is 0 Å². The monoisotopic (exact) mass is 260 g/mol. The number of anilines is 1. The summed E-state index contributed by atoms with van der Waals surface area (Å²) in [6, 6.07) is 3.93. The summed E-state index contributed by atoms with van der Waals surface area (Å²) in [7, 11) is 1.83. The van der Waals surface area contributed by atoms with E-state index in [1.54, 1.807) is 6.92 Å². The number of nitrogens with one attached hydrogen (secondary N) is 1. The van der Waals surface area contributed by atoms with Gasteiger partial charge in [-0.3, -0.25) is 0 Å². The summed E-state index contributed by atoms with van der Waals surface area (Å²) in [4.78, 5) is 24.3. The Bertz CT molecular complexity index is 566. The Morgan fingerprint density at radius 1 is 1.53 bits per heavy atom. The first-order valence-corrected chi connectivity index (χ1v) is 5.98. The van der Waals surface area contributed by atoms with Crippen molar-refractivity contribution < 1.29 is 9.90 Å². The molecule has 2 N–H and O–H groups in total. The first-order chi connectivity index (χ1) is 9.08. The maximum Gasteiger partial charge on any atom is 0.341 e. The van der Waals surface area contributed by atoms with E-state index in [9.17, 15) is 4.79 Å². The zero-order chi connectivity index (χ0) is 13.8. The SMILES string of the molecule is Cc1ncc(C(=O)O)c(N(C)CCc2ccc[nH]2)n1. The van der Waals surface area contributed by atoms with Crippen molar-refractivity contribution in [3.8, 4) is 0 Å². The third-order valence-corrected chi connectivity index (χ3v) is 2.86. The van der Waals surface area contributed by atoms with Crippen LogP contribution in [0.4, 0.5) is 5.82 Å². The van der Waals surface area contributed by atoms with Crippen molar-refractivity contribution >= 4 is 11.8 Å². The number of H-pyrrole nitrogens is 1. The normalized spacial score (nSPS) is 10.4. The van der Waals surface area contributed by atoms with Crippen LogP contribution in [0.15, 0.2) is 24.5 Å². The van der Waals surface area contributed by atoms with Crippen molar-refractivity contribution in [3.05, 3.63) is 41.6 Å². The van der Waals surface area contributed by atoms with E-state index in [2.05, 4.69) is 15.0 Å². The molecule has 100 valence electrons. The number of hydrogen-bond acceptors (Lipinski definition) is 4. The number of aromatic amines is 1. The molecule has 2 rings (SSSR count). The Kier molecular flexibility index (Phi) is 3.79. The highest BCUT2D eigenvalue weighted by Crippen LogP contribution is 2.16. The van der Waals surface area contributed by atoms with Crippen LogP contribution in [0.1, 0.15) is 21.9 Å². The fourth-order valence-corrected chi connectivity index (χ4v) is 1.82. The van der Waals surface area contributed by atoms with Gasteiger partial charge in [0.1, 0.15) is 17.2 Å². The number of carboxylic acid groups (broad SMARTS) is 1. The second-order valence-corrected chi connectivity index (χ2v) is 4.33. The van der Waals surface area contributed by atoms with E-state index in [0.29, 0.717) is 18.2 Å². The summed E-state index contributed by atoms with van der Waals surface area (Å²) in [6.07, 6.45) is 4.02. The lowest BCUT2D eigenvalue weighted by atomic mass is 10.2. The molecule has 6 heteroatoms. The second kappa shape index (κ2) is 5.51. The minimum absolute atomic E-state index is 0.125. The van der Waals surface area contributed by atoms with Crippen LogP contribution in [0.3, 0.4) is 0 Å². The van der Waals surface area contributed by atoms with E-state index in [1.165, 1.54) is 6.20 Å². The summed E-state index contributed by atoms with van der Waals surface area (Å²) < 4.78 is 0. The van der Waals surface area contributed by atoms with Crippen molar-refractivity contribution in [2.45, 2.75) is 13.3 Å². The van der Waals surface area contributed by atoms with Gasteiger partial charge < -0.3 is 15.0 Å². The number of aryl methyl sites for hydroxylation is 1. The summed E-state index contributed by atoms with van der Waals surface area (Å²) >= 11 is 0. The van der Waals surface area contributed by atoms with Crippen molar-refractivity contribution in [3.63, 3.8) is 0 Å². The number of carbonyl (C=O) groups is 1. The number of hydrogen-bond donors (Lipinski definition) is 2. The fraction of sp³-hybridized carbons (Fsp3) is 0.308. The quantitative estimate of drug-likeness (QED) is 0.851. The predicted molar refractivity (Wildman–Crippen MR) is 71.5 cm³/mol. The summed E-state index contributed by atoms with van der Waals surface area (Å²) in [5.74, 6) is 0.00000310. The fourth-order valence-electron chi connectivity index (χ4n) is 1.82. The average molecular weight is 260 g/mol. The van der Waals surface area contributed by atoms with E-state index in [-0.39, 0.29) is 5.56 Å². The second-order valence-electron chi connectivity index (χ2n) is 4.33. The third-order valence-electron chi connectivity index (χ3n) is 2.86. The zero-order valence-corrected chi connectivity index (χ0v) is 10.9. The molecule has 0 spiro atoms. The number of rotatable bonds is 5. The smallest absolute Gasteiger partial charge is 0.341 e. The van der Waals surface area contributed by atoms with Gasteiger partial charge in [0.25, 0.3) is 0 Å². The van der Waals surface area contributed by atoms with Gasteiger partial charge in [-0.1, -0.05) is 0 Å². The molecule has 6 nitrogen and oxygen atoms in total. The first-order valence-electron chi connectivity index (χ1n) is 5.98. The van der Waals surface area contributed by atoms with Crippen molar-refractivity contribution in [1.29, 1.82) is 0 Å². The van der Waals surface area contributed by atoms with Gasteiger partial charge in [0.05, 0.1) is 0 Å². The molecule has 0 aliphatic carbocycles. The Morgan fingerprint density at radius 2 is 2.32 bits per heavy atom. The largest absolute Gasteiger partial charge is 0.477 e. The molecule has 0 fully saturated rings. The minimum atomic E-state index is -1.01. The molecule has 2 aromatic heterocycles. The Hall–Kier alpha value is -2.37. The van der Waals surface area contributed by atoms with Gasteiger partial charge in [0, 0.05) is 38.1 Å². The maximum absolute atomic E-state index is 11.2. The predicted octanol–water partition coefficient (Wildman–Crippen LogP) is 1.49. The summed E-state index contributed by atoms with van der Waals surface area (Å²) in [6.45, 7) is 2.42. The van der Waals surface area contributed by atoms with Gasteiger partial charge in [-0.05, 0) is 19.1 Å². The van der Waals surface area contributed by atoms with Gasteiger partial charge in [-0.15, -0.1) is 0 Å². The Morgan fingerprint density at radius 3 is 2.95 bits per heavy atom. The molecule has 0 aliphatic rings. The van der Waals surface area contributed by atoms with Gasteiger partial charge in [0.2, 0.25) is 0 Å². The van der Waals surface area contributed by atoms with Gasteiger partial charge >= 0.3 is 5.97 Å². The molecule has 0 unspecified atom stereocenters. The standard InChI is InChI=1S/C13H16N4O2/c1-9-15-8-11(13(18)19)12(16-9)17(2)7-5-10-4-3-6-14-10/h3-4,6,8,14H,5,7H2,1-2H3,(H,18,19). The van der Waals surface area contributed by atoms with Crippen LogP contribution in [-0.2, 0) is 6.42 Å². The van der Waals surface area contributed by atoms with Crippen LogP contribution < -0.4 is 4.90 Å². The van der Waals surface area contributed by atoms with E-state index >= 15 is 0 Å². The zero-order valence-electron chi connectivity index (χ0n) is 10.9. The molecule has 0 amide bonds. The highest BCUT2D eigenvalue weighted by Gasteiger charge is 2.16. The highest BCUT2D eigenvalue weighted by atomic mass is 16.4. The molecule has 0 atom stereocenters. The molecule has 0 saturated heterocycles. The number of aromatic nitrogens is 3. The molecular formula is C13H16N4O2. The molecule has 0 aromatic carbocycles. The van der Waals surface area contributed by atoms with Gasteiger partial charge in [-0.2, -0.15) is 0 Å². The lowest BCUT2D eigenvalue weighted by Crippen LogP contribution is -2.24. The molecule has 0 radical (unpaired) electrons. The molecule has 19 heavy (non-hydrogen) atoms. The molecule has 2 aromatic rings. The van der Waals surface area contributed by atoms with Gasteiger partial charge in [0.15, 0.2) is 0 Å². The maximum atomic E-state index is 11.2. The van der Waals surface area contributed by atoms with Crippen LogP contribution in [0.5, 0.6) is 0 Å². The van der Waals surface area contributed by atoms with Crippen LogP contribution in [0, 0.1) is 6.92 Å². The lowest BCUT2D eigenvalue weighted by molar-refractivity contribution is 0.0696. The van der Waals surface area contributed by atoms with Crippen molar-refractivity contribution in [2.75, 3.05) is 18.5 Å². The van der Waals surface area contributed by atoms with E-state index in [1.807, 2.05) is 30.3 Å². The first kappa shape index (κ1) is 13.1. The number of aromatic carboxylic acids is 1. The van der Waals surface area contributed by atoms with Crippen LogP contribution >= 0.6 is 0 Å². The third kappa shape index (κ3) is 3.09. The highest BCUT2D eigenvalue weighted by molar-refractivity contribution is 5.92. The Labute approximate surface area is 111 Å². The van der Waals surface area contributed by atoms with E-state index < -0.39 is 5.97 Å². The number of carboxylic acids is 1. The molecular weight excluding hydrogens is 244 g/mol. The average Bonchev–Trinajstić information content (AvgIpc) is 2.88. The van der Waals surface area contributed by atoms with Crippen molar-refractivity contribution in [1.82, 2.24) is 15.0 Å². The Balaban J connectivity index is 2.15. The molecule has 0 saturated carbocycles. The van der Waals surface area contributed by atoms with Crippen LogP contribution in [0.25, 0.3) is 0 Å².